The molecule has 3 rings (SSSR count). The summed E-state index contributed by atoms with van der Waals surface area (Å²) in [6.45, 7) is 4.08. The normalized spacial score (nSPS) is 16.9. The minimum atomic E-state index is -0.260. The first-order valence-electron chi connectivity index (χ1n) is 4.63. The van der Waals surface area contributed by atoms with Crippen LogP contribution in [0.15, 0.2) is 19.6 Å². The van der Waals surface area contributed by atoms with E-state index < -0.39 is 0 Å². The van der Waals surface area contributed by atoms with E-state index >= 15 is 0 Å². The van der Waals surface area contributed by atoms with Crippen molar-refractivity contribution in [1.29, 1.82) is 0 Å². The number of H-pyrrole nitrogens is 2. The standard InChI is InChI=1S/C9H8N2O2S3/c1-9(2)3-5(10-7(12)14-3)16-6-4(9)15-8(13)11-6/h1-2H3,(H,10,12)(H,11,13). The van der Waals surface area contributed by atoms with Gasteiger partial charge in [-0.25, -0.2) is 0 Å². The zero-order valence-corrected chi connectivity index (χ0v) is 11.0. The Morgan fingerprint density at radius 2 is 1.38 bits per heavy atom. The Labute approximate surface area is 103 Å². The van der Waals surface area contributed by atoms with Crippen molar-refractivity contribution in [2.75, 3.05) is 0 Å². The Morgan fingerprint density at radius 3 is 1.81 bits per heavy atom. The minimum absolute atomic E-state index is 0.0388. The molecule has 0 saturated heterocycles. The van der Waals surface area contributed by atoms with Crippen LogP contribution in [0.25, 0.3) is 0 Å². The Kier molecular flexibility index (Phi) is 2.02. The maximum Gasteiger partial charge on any atom is 0.305 e. The lowest BCUT2D eigenvalue weighted by Gasteiger charge is -2.27. The van der Waals surface area contributed by atoms with Gasteiger partial charge in [0.05, 0.1) is 19.8 Å². The number of aromatic amines is 2. The Morgan fingerprint density at radius 1 is 0.938 bits per heavy atom. The zero-order valence-electron chi connectivity index (χ0n) is 8.54. The highest BCUT2D eigenvalue weighted by atomic mass is 32.2. The Bertz CT molecular complexity index is 617. The summed E-state index contributed by atoms with van der Waals surface area (Å²) in [4.78, 5) is 30.3. The molecular weight excluding hydrogens is 264 g/mol. The summed E-state index contributed by atoms with van der Waals surface area (Å²) in [7, 11) is 0. The van der Waals surface area contributed by atoms with Gasteiger partial charge in [0.2, 0.25) is 0 Å². The lowest BCUT2D eigenvalue weighted by atomic mass is 9.90. The monoisotopic (exact) mass is 272 g/mol. The first kappa shape index (κ1) is 10.4. The number of hydrogen-bond acceptors (Lipinski definition) is 5. The summed E-state index contributed by atoms with van der Waals surface area (Å²) in [5, 5.41) is 1.73. The fourth-order valence-corrected chi connectivity index (χ4v) is 5.36. The third kappa shape index (κ3) is 1.28. The van der Waals surface area contributed by atoms with E-state index in [4.69, 9.17) is 0 Å². The van der Waals surface area contributed by atoms with Crippen LogP contribution in [0.5, 0.6) is 0 Å². The van der Waals surface area contributed by atoms with Crippen molar-refractivity contribution in [2.24, 2.45) is 0 Å². The first-order chi connectivity index (χ1) is 7.48. The molecule has 7 heteroatoms. The van der Waals surface area contributed by atoms with Gasteiger partial charge in [-0.15, -0.1) is 0 Å². The topological polar surface area (TPSA) is 65.7 Å². The van der Waals surface area contributed by atoms with Crippen LogP contribution in [0.3, 0.4) is 0 Å². The molecule has 2 aromatic rings. The van der Waals surface area contributed by atoms with E-state index in [1.807, 2.05) is 13.8 Å². The minimum Gasteiger partial charge on any atom is -0.307 e. The van der Waals surface area contributed by atoms with Crippen molar-refractivity contribution in [1.82, 2.24) is 9.97 Å². The van der Waals surface area contributed by atoms with Crippen LogP contribution in [0.2, 0.25) is 0 Å². The fourth-order valence-electron chi connectivity index (χ4n) is 1.80. The molecule has 0 spiro atoms. The second-order valence-electron chi connectivity index (χ2n) is 4.07. The second-order valence-corrected chi connectivity index (χ2v) is 7.06. The van der Waals surface area contributed by atoms with Crippen LogP contribution >= 0.6 is 34.4 Å². The van der Waals surface area contributed by atoms with Crippen LogP contribution in [-0.4, -0.2) is 9.97 Å². The summed E-state index contributed by atoms with van der Waals surface area (Å²) in [6, 6.07) is 0. The van der Waals surface area contributed by atoms with Crippen molar-refractivity contribution in [3.8, 4) is 0 Å². The lowest BCUT2D eigenvalue weighted by Crippen LogP contribution is -2.20. The van der Waals surface area contributed by atoms with E-state index in [0.717, 1.165) is 19.8 Å². The number of rotatable bonds is 0. The van der Waals surface area contributed by atoms with Crippen LogP contribution < -0.4 is 9.75 Å². The molecule has 0 bridgehead atoms. The molecule has 2 aromatic heterocycles. The van der Waals surface area contributed by atoms with Gasteiger partial charge in [0.25, 0.3) is 0 Å². The van der Waals surface area contributed by atoms with Crippen molar-refractivity contribution >= 4 is 34.4 Å². The summed E-state index contributed by atoms with van der Waals surface area (Å²) >= 11 is 3.89. The van der Waals surface area contributed by atoms with E-state index in [-0.39, 0.29) is 15.2 Å². The maximum atomic E-state index is 11.4. The van der Waals surface area contributed by atoms with Crippen molar-refractivity contribution in [3.63, 3.8) is 0 Å². The predicted octanol–water partition coefficient (Wildman–Crippen LogP) is 1.98. The van der Waals surface area contributed by atoms with E-state index in [0.29, 0.717) is 0 Å². The molecule has 2 N–H and O–H groups in total. The molecule has 1 aliphatic heterocycles. The Balaban J connectivity index is 2.34. The first-order valence-corrected chi connectivity index (χ1v) is 7.08. The summed E-state index contributed by atoms with van der Waals surface area (Å²) in [5.74, 6) is 0. The molecule has 0 aliphatic carbocycles. The average Bonchev–Trinajstić information content (AvgIpc) is 2.70. The maximum absolute atomic E-state index is 11.4. The highest BCUT2D eigenvalue weighted by Gasteiger charge is 2.38. The van der Waals surface area contributed by atoms with Gasteiger partial charge in [-0.05, 0) is 13.8 Å². The molecule has 0 saturated carbocycles. The molecule has 4 nitrogen and oxygen atoms in total. The summed E-state index contributed by atoms with van der Waals surface area (Å²) in [6.07, 6.45) is 0. The van der Waals surface area contributed by atoms with E-state index in [1.54, 1.807) is 0 Å². The SMILES string of the molecule is CC1(C)c2sc(=O)[nH]c2Sc2[nH]c(=O)sc21. The lowest BCUT2D eigenvalue weighted by molar-refractivity contribution is 0.627. The largest absolute Gasteiger partial charge is 0.307 e. The number of hydrogen-bond donors (Lipinski definition) is 2. The molecule has 3 heterocycles. The van der Waals surface area contributed by atoms with Crippen molar-refractivity contribution in [2.45, 2.75) is 29.3 Å². The van der Waals surface area contributed by atoms with Gasteiger partial charge in [0.15, 0.2) is 0 Å². The van der Waals surface area contributed by atoms with E-state index in [9.17, 15) is 9.59 Å². The summed E-state index contributed by atoms with van der Waals surface area (Å²) < 4.78 is 0. The van der Waals surface area contributed by atoms with Crippen LogP contribution in [-0.2, 0) is 5.41 Å². The number of nitrogens with one attached hydrogen (secondary N) is 2. The summed E-state index contributed by atoms with van der Waals surface area (Å²) in [5.41, 5.74) is -0.260. The molecule has 0 aromatic carbocycles. The fraction of sp³-hybridized carbons (Fsp3) is 0.333. The van der Waals surface area contributed by atoms with Gasteiger partial charge < -0.3 is 9.97 Å². The van der Waals surface area contributed by atoms with Gasteiger partial charge in [-0.3, -0.25) is 9.59 Å². The molecule has 0 atom stereocenters. The third-order valence-corrected chi connectivity index (χ3v) is 6.26. The molecule has 16 heavy (non-hydrogen) atoms. The molecule has 0 fully saturated rings. The molecule has 1 aliphatic rings. The number of thiazole rings is 2. The smallest absolute Gasteiger partial charge is 0.305 e. The molecular formula is C9H8N2O2S3. The average molecular weight is 272 g/mol. The quantitative estimate of drug-likeness (QED) is 0.770. The molecule has 0 radical (unpaired) electrons. The molecule has 84 valence electrons. The van der Waals surface area contributed by atoms with Crippen LogP contribution in [0, 0.1) is 0 Å². The van der Waals surface area contributed by atoms with E-state index in [2.05, 4.69) is 9.97 Å². The molecule has 0 unspecified atom stereocenters. The molecule has 0 amide bonds. The predicted molar refractivity (Wildman–Crippen MR) is 66.1 cm³/mol. The second kappa shape index (κ2) is 3.12. The van der Waals surface area contributed by atoms with Gasteiger partial charge >= 0.3 is 9.75 Å². The van der Waals surface area contributed by atoms with Crippen LogP contribution in [0.4, 0.5) is 0 Å². The highest BCUT2D eigenvalue weighted by molar-refractivity contribution is 7.99. The van der Waals surface area contributed by atoms with Crippen LogP contribution in [0.1, 0.15) is 23.6 Å². The van der Waals surface area contributed by atoms with Gasteiger partial charge in [0, 0.05) is 5.41 Å². The van der Waals surface area contributed by atoms with Gasteiger partial charge in [-0.2, -0.15) is 0 Å². The van der Waals surface area contributed by atoms with Crippen molar-refractivity contribution < 1.29 is 0 Å². The Hall–Kier alpha value is -0.790. The number of fused-ring (bicyclic) bond motifs is 2. The van der Waals surface area contributed by atoms with E-state index in [1.165, 1.54) is 34.4 Å². The number of aromatic nitrogens is 2. The zero-order chi connectivity index (χ0) is 11.5. The van der Waals surface area contributed by atoms with Gasteiger partial charge in [0.1, 0.15) is 0 Å². The third-order valence-electron chi connectivity index (χ3n) is 2.57. The highest BCUT2D eigenvalue weighted by Crippen LogP contribution is 2.49. The van der Waals surface area contributed by atoms with Crippen molar-refractivity contribution in [3.05, 3.63) is 29.1 Å². The van der Waals surface area contributed by atoms with Gasteiger partial charge in [-0.1, -0.05) is 34.4 Å².